The monoisotopic (exact) mass is 248 g/mol. The predicted octanol–water partition coefficient (Wildman–Crippen LogP) is 2.06. The van der Waals surface area contributed by atoms with Crippen molar-refractivity contribution in [2.24, 2.45) is 0 Å². The average molecular weight is 248 g/mol. The van der Waals surface area contributed by atoms with Crippen molar-refractivity contribution < 1.29 is 4.74 Å². The fourth-order valence-electron chi connectivity index (χ4n) is 2.13. The van der Waals surface area contributed by atoms with Crippen LogP contribution in [0, 0.1) is 13.8 Å². The molecule has 0 saturated heterocycles. The molecule has 0 amide bonds. The van der Waals surface area contributed by atoms with E-state index in [0.29, 0.717) is 5.82 Å². The Kier molecular flexibility index (Phi) is 3.02. The molecule has 0 spiro atoms. The Labute approximate surface area is 107 Å². The molecule has 0 saturated carbocycles. The minimum absolute atomic E-state index is 0.247. The summed E-state index contributed by atoms with van der Waals surface area (Å²) in [6.45, 7) is 8.96. The number of fused-ring (bicyclic) bond motifs is 1. The zero-order valence-electron chi connectivity index (χ0n) is 11.6. The van der Waals surface area contributed by atoms with E-state index in [1.54, 1.807) is 7.11 Å². The van der Waals surface area contributed by atoms with Gasteiger partial charge in [-0.1, -0.05) is 0 Å². The van der Waals surface area contributed by atoms with Crippen LogP contribution in [0.2, 0.25) is 0 Å². The highest BCUT2D eigenvalue weighted by molar-refractivity contribution is 5.90. The fraction of sp³-hybridized carbons (Fsp3) is 0.538. The number of nitrogen functional groups attached to an aromatic ring is 1. The SMILES string of the molecule is COC(C)(C)Cn1c(C)c(C)c2c(N)ncnc21. The van der Waals surface area contributed by atoms with Crippen molar-refractivity contribution in [2.45, 2.75) is 39.8 Å². The number of nitrogens with zero attached hydrogens (tertiary/aromatic N) is 3. The highest BCUT2D eigenvalue weighted by Crippen LogP contribution is 2.28. The third-order valence-corrected chi connectivity index (χ3v) is 3.53. The third kappa shape index (κ3) is 1.95. The van der Waals surface area contributed by atoms with E-state index in [0.717, 1.165) is 28.8 Å². The van der Waals surface area contributed by atoms with Crippen molar-refractivity contribution in [1.82, 2.24) is 14.5 Å². The summed E-state index contributed by atoms with van der Waals surface area (Å²) in [6, 6.07) is 0. The molecule has 98 valence electrons. The summed E-state index contributed by atoms with van der Waals surface area (Å²) in [5.74, 6) is 0.537. The highest BCUT2D eigenvalue weighted by atomic mass is 16.5. The Morgan fingerprint density at radius 3 is 2.61 bits per heavy atom. The lowest BCUT2D eigenvalue weighted by atomic mass is 10.1. The van der Waals surface area contributed by atoms with Crippen LogP contribution in [0.1, 0.15) is 25.1 Å². The second-order valence-corrected chi connectivity index (χ2v) is 5.22. The molecule has 0 atom stereocenters. The summed E-state index contributed by atoms with van der Waals surface area (Å²) in [6.07, 6.45) is 1.51. The van der Waals surface area contributed by atoms with Crippen LogP contribution in [0.25, 0.3) is 11.0 Å². The molecule has 0 aliphatic heterocycles. The van der Waals surface area contributed by atoms with Gasteiger partial charge >= 0.3 is 0 Å². The Bertz CT molecular complexity index is 586. The number of aryl methyl sites for hydroxylation is 1. The lowest BCUT2D eigenvalue weighted by molar-refractivity contribution is 0.00861. The zero-order chi connectivity index (χ0) is 13.5. The maximum absolute atomic E-state index is 5.94. The maximum atomic E-state index is 5.94. The number of anilines is 1. The summed E-state index contributed by atoms with van der Waals surface area (Å²) >= 11 is 0. The molecule has 0 aromatic carbocycles. The second-order valence-electron chi connectivity index (χ2n) is 5.22. The topological polar surface area (TPSA) is 66.0 Å². The van der Waals surface area contributed by atoms with E-state index in [4.69, 9.17) is 10.5 Å². The van der Waals surface area contributed by atoms with Gasteiger partial charge in [0.2, 0.25) is 0 Å². The largest absolute Gasteiger partial charge is 0.383 e. The summed E-state index contributed by atoms with van der Waals surface area (Å²) in [7, 11) is 1.72. The van der Waals surface area contributed by atoms with Gasteiger partial charge in [-0.2, -0.15) is 0 Å². The van der Waals surface area contributed by atoms with E-state index < -0.39 is 0 Å². The number of nitrogens with two attached hydrogens (primary N) is 1. The van der Waals surface area contributed by atoms with Gasteiger partial charge in [-0.25, -0.2) is 9.97 Å². The minimum atomic E-state index is -0.247. The molecule has 2 aromatic rings. The summed E-state index contributed by atoms with van der Waals surface area (Å²) in [5.41, 5.74) is 8.86. The van der Waals surface area contributed by atoms with Crippen LogP contribution in [0.15, 0.2) is 6.33 Å². The molecule has 0 unspecified atom stereocenters. The van der Waals surface area contributed by atoms with Crippen molar-refractivity contribution in [3.63, 3.8) is 0 Å². The van der Waals surface area contributed by atoms with Crippen LogP contribution in [-0.4, -0.2) is 27.2 Å². The van der Waals surface area contributed by atoms with Crippen LogP contribution in [0.3, 0.4) is 0 Å². The first kappa shape index (κ1) is 12.8. The van der Waals surface area contributed by atoms with Gasteiger partial charge in [-0.05, 0) is 33.3 Å². The Hall–Kier alpha value is -1.62. The highest BCUT2D eigenvalue weighted by Gasteiger charge is 2.22. The van der Waals surface area contributed by atoms with Crippen molar-refractivity contribution in [1.29, 1.82) is 0 Å². The molecular formula is C13H20N4O. The predicted molar refractivity (Wildman–Crippen MR) is 72.5 cm³/mol. The summed E-state index contributed by atoms with van der Waals surface area (Å²) < 4.78 is 7.63. The summed E-state index contributed by atoms with van der Waals surface area (Å²) in [5, 5.41) is 0.946. The molecule has 2 N–H and O–H groups in total. The quantitative estimate of drug-likeness (QED) is 0.902. The average Bonchev–Trinajstić information content (AvgIpc) is 2.55. The lowest BCUT2D eigenvalue weighted by Gasteiger charge is -2.24. The number of methoxy groups -OCH3 is 1. The molecule has 5 nitrogen and oxygen atoms in total. The fourth-order valence-corrected chi connectivity index (χ4v) is 2.13. The molecule has 18 heavy (non-hydrogen) atoms. The van der Waals surface area contributed by atoms with Gasteiger partial charge < -0.3 is 15.0 Å². The summed E-state index contributed by atoms with van der Waals surface area (Å²) in [4.78, 5) is 8.42. The van der Waals surface area contributed by atoms with Crippen molar-refractivity contribution in [3.05, 3.63) is 17.6 Å². The molecule has 2 aromatic heterocycles. The zero-order valence-corrected chi connectivity index (χ0v) is 11.6. The minimum Gasteiger partial charge on any atom is -0.383 e. The molecule has 0 aliphatic carbocycles. The Morgan fingerprint density at radius 2 is 2.00 bits per heavy atom. The van der Waals surface area contributed by atoms with Gasteiger partial charge in [0.1, 0.15) is 17.8 Å². The molecule has 0 fully saturated rings. The van der Waals surface area contributed by atoms with Crippen molar-refractivity contribution in [2.75, 3.05) is 12.8 Å². The smallest absolute Gasteiger partial charge is 0.146 e. The molecule has 0 aliphatic rings. The van der Waals surface area contributed by atoms with E-state index in [1.165, 1.54) is 6.33 Å². The normalized spacial score (nSPS) is 12.3. The number of hydrogen-bond donors (Lipinski definition) is 1. The first-order valence-corrected chi connectivity index (χ1v) is 5.98. The standard InChI is InChI=1S/C13H20N4O/c1-8-9(2)17(6-13(3,4)18-5)12-10(8)11(14)15-7-16-12/h7H,6H2,1-5H3,(H2,14,15,16). The maximum Gasteiger partial charge on any atom is 0.146 e. The van der Waals surface area contributed by atoms with Crippen LogP contribution in [-0.2, 0) is 11.3 Å². The Morgan fingerprint density at radius 1 is 1.33 bits per heavy atom. The number of aromatic nitrogens is 3. The van der Waals surface area contributed by atoms with Crippen LogP contribution in [0.5, 0.6) is 0 Å². The number of hydrogen-bond acceptors (Lipinski definition) is 4. The van der Waals surface area contributed by atoms with Gasteiger partial charge in [0.05, 0.1) is 17.5 Å². The van der Waals surface area contributed by atoms with E-state index in [9.17, 15) is 0 Å². The molecule has 2 heterocycles. The van der Waals surface area contributed by atoms with Gasteiger partial charge in [0.25, 0.3) is 0 Å². The van der Waals surface area contributed by atoms with E-state index in [2.05, 4.69) is 35.3 Å². The van der Waals surface area contributed by atoms with E-state index in [-0.39, 0.29) is 5.60 Å². The molecular weight excluding hydrogens is 228 g/mol. The molecule has 0 bridgehead atoms. The molecule has 0 radical (unpaired) electrons. The number of rotatable bonds is 3. The van der Waals surface area contributed by atoms with Gasteiger partial charge in [-0.3, -0.25) is 0 Å². The van der Waals surface area contributed by atoms with Gasteiger partial charge in [-0.15, -0.1) is 0 Å². The Balaban J connectivity index is 2.65. The molecule has 5 heteroatoms. The first-order valence-electron chi connectivity index (χ1n) is 5.98. The van der Waals surface area contributed by atoms with Gasteiger partial charge in [0, 0.05) is 12.8 Å². The van der Waals surface area contributed by atoms with E-state index >= 15 is 0 Å². The number of ether oxygens (including phenoxy) is 1. The molecule has 2 rings (SSSR count). The van der Waals surface area contributed by atoms with Crippen molar-refractivity contribution in [3.8, 4) is 0 Å². The lowest BCUT2D eigenvalue weighted by Crippen LogP contribution is -2.29. The van der Waals surface area contributed by atoms with Crippen LogP contribution >= 0.6 is 0 Å². The second kappa shape index (κ2) is 4.24. The third-order valence-electron chi connectivity index (χ3n) is 3.53. The van der Waals surface area contributed by atoms with E-state index in [1.807, 2.05) is 6.92 Å². The van der Waals surface area contributed by atoms with Gasteiger partial charge in [0.15, 0.2) is 0 Å². The van der Waals surface area contributed by atoms with Crippen LogP contribution < -0.4 is 5.73 Å². The van der Waals surface area contributed by atoms with Crippen LogP contribution in [0.4, 0.5) is 5.82 Å². The van der Waals surface area contributed by atoms with Crippen molar-refractivity contribution >= 4 is 16.9 Å². The first-order chi connectivity index (χ1) is 8.37.